The van der Waals surface area contributed by atoms with Crippen LogP contribution in [0.15, 0.2) is 107 Å². The summed E-state index contributed by atoms with van der Waals surface area (Å²) in [5, 5.41) is 9.08. The Morgan fingerprint density at radius 2 is 1.54 bits per heavy atom. The number of hydrogen-bond donors (Lipinski definition) is 3. The van der Waals surface area contributed by atoms with Gasteiger partial charge in [0.15, 0.2) is 33.0 Å². The Morgan fingerprint density at radius 1 is 0.900 bits per heavy atom. The molecule has 50 heavy (non-hydrogen) atoms. The van der Waals surface area contributed by atoms with Gasteiger partial charge in [0.2, 0.25) is 11.6 Å². The van der Waals surface area contributed by atoms with Crippen molar-refractivity contribution in [2.75, 3.05) is 40.3 Å². The molecule has 4 aromatic rings. The number of rotatable bonds is 17. The van der Waals surface area contributed by atoms with Gasteiger partial charge in [-0.25, -0.2) is 18.8 Å². The number of methoxy groups -OCH3 is 3. The van der Waals surface area contributed by atoms with E-state index < -0.39 is 27.4 Å². The Kier molecular flexibility index (Phi) is 12.0. The van der Waals surface area contributed by atoms with Crippen molar-refractivity contribution in [3.8, 4) is 23.0 Å². The normalized spacial score (nSPS) is 17.0. The van der Waals surface area contributed by atoms with Crippen molar-refractivity contribution in [1.82, 2.24) is 10.9 Å². The highest BCUT2D eigenvalue weighted by atomic mass is 32.2. The number of nitrogens with zero attached hydrogens (tertiary/aromatic N) is 1. The number of carbonyl (C=O) groups excluding carboxylic acids is 1. The quantitative estimate of drug-likeness (QED) is 0.106. The van der Waals surface area contributed by atoms with Crippen LogP contribution < -0.4 is 29.8 Å². The lowest BCUT2D eigenvalue weighted by atomic mass is 9.85. The second-order valence-electron chi connectivity index (χ2n) is 11.4. The Bertz CT molecular complexity index is 1850. The average molecular weight is 704 g/mol. The lowest BCUT2D eigenvalue weighted by molar-refractivity contribution is -0.130. The molecule has 3 N–H and O–H groups in total. The molecule has 12 nitrogen and oxygen atoms in total. The summed E-state index contributed by atoms with van der Waals surface area (Å²) in [7, 11) is 0.734. The molecule has 264 valence electrons. The third-order valence-electron chi connectivity index (χ3n) is 8.21. The highest BCUT2D eigenvalue weighted by molar-refractivity contribution is 7.91. The number of aliphatic hydroxyl groups is 1. The summed E-state index contributed by atoms with van der Waals surface area (Å²) in [4.78, 5) is 19.5. The minimum Gasteiger partial charge on any atom is -0.494 e. The molecule has 0 saturated carbocycles. The molecule has 5 rings (SSSR count). The van der Waals surface area contributed by atoms with Crippen LogP contribution in [0.1, 0.15) is 35.6 Å². The summed E-state index contributed by atoms with van der Waals surface area (Å²) in [6.45, 7) is 0.530. The van der Waals surface area contributed by atoms with Gasteiger partial charge in [-0.2, -0.15) is 0 Å². The van der Waals surface area contributed by atoms with Gasteiger partial charge in [0.05, 0.1) is 38.6 Å². The highest BCUT2D eigenvalue weighted by Gasteiger charge is 2.53. The van der Waals surface area contributed by atoms with Crippen molar-refractivity contribution in [2.24, 2.45) is 4.99 Å². The van der Waals surface area contributed by atoms with Gasteiger partial charge < -0.3 is 28.8 Å². The Hall–Kier alpha value is -5.11. The van der Waals surface area contributed by atoms with Crippen molar-refractivity contribution >= 4 is 21.6 Å². The van der Waals surface area contributed by atoms with E-state index in [2.05, 4.69) is 10.9 Å². The number of amides is 1. The Balaban J connectivity index is 1.49. The molecule has 0 aromatic heterocycles. The number of hydrogen-bond acceptors (Lipinski definition) is 11. The van der Waals surface area contributed by atoms with E-state index in [1.54, 1.807) is 54.6 Å². The van der Waals surface area contributed by atoms with Crippen LogP contribution in [0.4, 0.5) is 0 Å². The third kappa shape index (κ3) is 8.19. The van der Waals surface area contributed by atoms with Crippen molar-refractivity contribution < 1.29 is 42.0 Å². The van der Waals surface area contributed by atoms with E-state index in [0.29, 0.717) is 52.7 Å². The first kappa shape index (κ1) is 36.2. The van der Waals surface area contributed by atoms with E-state index >= 15 is 0 Å². The number of aliphatic hydroxyl groups excluding tert-OH is 1. The second-order valence-corrected chi connectivity index (χ2v) is 13.5. The smallest absolute Gasteiger partial charge is 0.266 e. The lowest BCUT2D eigenvalue weighted by Crippen LogP contribution is -2.53. The molecular weight excluding hydrogens is 662 g/mol. The van der Waals surface area contributed by atoms with Crippen LogP contribution in [0.2, 0.25) is 0 Å². The highest BCUT2D eigenvalue weighted by Crippen LogP contribution is 2.43. The zero-order chi connectivity index (χ0) is 35.6. The molecular formula is C37H41N3O9S. The molecule has 0 saturated heterocycles. The number of aliphatic imine (C=N–C) groups is 1. The summed E-state index contributed by atoms with van der Waals surface area (Å²) in [6, 6.07) is 27.7. The summed E-state index contributed by atoms with van der Waals surface area (Å²) in [6.07, 6.45) is -0.658. The van der Waals surface area contributed by atoms with Crippen LogP contribution in [-0.2, 0) is 25.9 Å². The van der Waals surface area contributed by atoms with Gasteiger partial charge in [0.25, 0.3) is 5.91 Å². The zero-order valence-corrected chi connectivity index (χ0v) is 28.9. The molecule has 1 amide bonds. The van der Waals surface area contributed by atoms with E-state index in [-0.39, 0.29) is 36.1 Å². The predicted octanol–water partition coefficient (Wildman–Crippen LogP) is 4.42. The molecule has 1 heterocycles. The SMILES string of the molecule is COc1cc(CNNC(=O)[C@@]2(CCS(=O)(=O)c3ccccc3)N=C(c3ccc(OCCCO)cc3)O[C@H]2c2ccccc2)cc(OC)c1OC. The third-order valence-corrected chi connectivity index (χ3v) is 9.94. The summed E-state index contributed by atoms with van der Waals surface area (Å²) < 4.78 is 55.6. The van der Waals surface area contributed by atoms with Crippen LogP contribution in [0.25, 0.3) is 0 Å². The molecule has 0 spiro atoms. The molecule has 1 aliphatic rings. The first-order valence-electron chi connectivity index (χ1n) is 16.0. The van der Waals surface area contributed by atoms with Crippen molar-refractivity contribution in [2.45, 2.75) is 35.9 Å². The number of carbonyl (C=O) groups is 1. The van der Waals surface area contributed by atoms with Gasteiger partial charge in [0, 0.05) is 31.6 Å². The van der Waals surface area contributed by atoms with E-state index in [1.165, 1.54) is 33.5 Å². The number of ether oxygens (including phenoxy) is 5. The molecule has 13 heteroatoms. The summed E-state index contributed by atoms with van der Waals surface area (Å²) in [5.41, 5.74) is 5.99. The predicted molar refractivity (Wildman–Crippen MR) is 187 cm³/mol. The number of sulfone groups is 1. The fraction of sp³-hybridized carbons (Fsp3) is 0.297. The van der Waals surface area contributed by atoms with Gasteiger partial charge >= 0.3 is 0 Å². The number of nitrogens with one attached hydrogen (secondary N) is 2. The fourth-order valence-corrected chi connectivity index (χ4v) is 6.99. The zero-order valence-electron chi connectivity index (χ0n) is 28.1. The summed E-state index contributed by atoms with van der Waals surface area (Å²) in [5.74, 6) is 1.14. The molecule has 2 atom stereocenters. The number of benzene rings is 4. The molecule has 0 aliphatic carbocycles. The Labute approximate surface area is 291 Å². The maximum absolute atomic E-state index is 14.5. The van der Waals surface area contributed by atoms with Crippen LogP contribution in [0, 0.1) is 0 Å². The van der Waals surface area contributed by atoms with Crippen LogP contribution in [0.3, 0.4) is 0 Å². The van der Waals surface area contributed by atoms with Crippen LogP contribution in [-0.4, -0.2) is 71.2 Å². The molecule has 0 bridgehead atoms. The van der Waals surface area contributed by atoms with Crippen LogP contribution >= 0.6 is 0 Å². The van der Waals surface area contributed by atoms with Crippen molar-refractivity contribution in [3.63, 3.8) is 0 Å². The maximum Gasteiger partial charge on any atom is 0.266 e. The fourth-order valence-electron chi connectivity index (χ4n) is 5.61. The molecule has 0 fully saturated rings. The molecule has 0 radical (unpaired) electrons. The standard InChI is InChI=1S/C37H41N3O9S/c1-45-31-23-26(24-32(46-2)33(31)47-3)25-38-40-36(42)37(19-22-50(43,44)30-13-8-5-9-14-30)34(27-11-6-4-7-12-27)49-35(39-37)28-15-17-29(18-16-28)48-21-10-20-41/h4-9,11-18,23-24,34,38,41H,10,19-22,25H2,1-3H3,(H,40,42)/t34-,37-/m0/s1. The van der Waals surface area contributed by atoms with Gasteiger partial charge in [-0.05, 0) is 59.7 Å². The van der Waals surface area contributed by atoms with Gasteiger partial charge in [-0.1, -0.05) is 48.5 Å². The molecule has 1 aliphatic heterocycles. The first-order valence-corrected chi connectivity index (χ1v) is 17.7. The average Bonchev–Trinajstić information content (AvgIpc) is 3.55. The molecule has 0 unspecified atom stereocenters. The van der Waals surface area contributed by atoms with Gasteiger partial charge in [-0.15, -0.1) is 0 Å². The van der Waals surface area contributed by atoms with Crippen molar-refractivity contribution in [1.29, 1.82) is 0 Å². The van der Waals surface area contributed by atoms with E-state index in [9.17, 15) is 13.2 Å². The Morgan fingerprint density at radius 3 is 2.14 bits per heavy atom. The summed E-state index contributed by atoms with van der Waals surface area (Å²) >= 11 is 0. The largest absolute Gasteiger partial charge is 0.494 e. The topological polar surface area (TPSA) is 154 Å². The first-order chi connectivity index (χ1) is 24.2. The molecule has 4 aromatic carbocycles. The monoisotopic (exact) mass is 703 g/mol. The van der Waals surface area contributed by atoms with Gasteiger partial charge in [-0.3, -0.25) is 10.2 Å². The minimum absolute atomic E-state index is 0.0189. The van der Waals surface area contributed by atoms with Gasteiger partial charge in [0.1, 0.15) is 5.75 Å². The van der Waals surface area contributed by atoms with Crippen LogP contribution in [0.5, 0.6) is 23.0 Å². The van der Waals surface area contributed by atoms with E-state index in [4.69, 9.17) is 33.8 Å². The van der Waals surface area contributed by atoms with Crippen molar-refractivity contribution in [3.05, 3.63) is 114 Å². The lowest BCUT2D eigenvalue weighted by Gasteiger charge is -2.30. The minimum atomic E-state index is -3.81. The van der Waals surface area contributed by atoms with E-state index in [0.717, 1.165) is 0 Å². The maximum atomic E-state index is 14.5. The second kappa shape index (κ2) is 16.5. The number of hydrazine groups is 1. The van der Waals surface area contributed by atoms with E-state index in [1.807, 2.05) is 30.3 Å².